The predicted molar refractivity (Wildman–Crippen MR) is 89.2 cm³/mol. The molecule has 1 unspecified atom stereocenters. The zero-order valence-electron chi connectivity index (χ0n) is 13.5. The summed E-state index contributed by atoms with van der Waals surface area (Å²) in [6.07, 6.45) is 0.800. The molecule has 0 fully saturated rings. The average Bonchev–Trinajstić information content (AvgIpc) is 2.40. The van der Waals surface area contributed by atoms with Crippen LogP contribution in [0.3, 0.4) is 0 Å². The summed E-state index contributed by atoms with van der Waals surface area (Å²) in [5.74, 6) is 0.0130. The van der Waals surface area contributed by atoms with E-state index in [0.717, 1.165) is 12.0 Å². The van der Waals surface area contributed by atoms with Gasteiger partial charge in [-0.25, -0.2) is 0 Å². The van der Waals surface area contributed by atoms with Crippen molar-refractivity contribution in [1.29, 1.82) is 0 Å². The molecular formula is C17H27ClN2O. The van der Waals surface area contributed by atoms with Gasteiger partial charge in [-0.3, -0.25) is 4.79 Å². The van der Waals surface area contributed by atoms with E-state index in [2.05, 4.69) is 20.8 Å². The van der Waals surface area contributed by atoms with Gasteiger partial charge in [0.15, 0.2) is 0 Å². The van der Waals surface area contributed by atoms with Crippen LogP contribution in [0.2, 0.25) is 5.02 Å². The second-order valence-corrected chi connectivity index (χ2v) is 7.12. The first-order chi connectivity index (χ1) is 9.76. The van der Waals surface area contributed by atoms with E-state index in [1.165, 1.54) is 0 Å². The van der Waals surface area contributed by atoms with Crippen LogP contribution in [0.4, 0.5) is 0 Å². The molecule has 2 N–H and O–H groups in total. The maximum absolute atomic E-state index is 12.7. The van der Waals surface area contributed by atoms with Crippen molar-refractivity contribution < 1.29 is 4.79 Å². The molecule has 0 saturated carbocycles. The fourth-order valence-corrected chi connectivity index (χ4v) is 2.68. The molecule has 4 heteroatoms. The maximum Gasteiger partial charge on any atom is 0.227 e. The Hall–Kier alpha value is -1.06. The highest BCUT2D eigenvalue weighted by molar-refractivity contribution is 6.30. The Morgan fingerprint density at radius 3 is 2.52 bits per heavy atom. The SMILES string of the molecule is CCN(Cc1cccc(Cl)c1)C(=O)C(CN)CC(C)(C)C. The zero-order valence-corrected chi connectivity index (χ0v) is 14.3. The van der Waals surface area contributed by atoms with Crippen LogP contribution < -0.4 is 5.73 Å². The predicted octanol–water partition coefficient (Wildman–Crippen LogP) is 3.70. The molecule has 0 heterocycles. The first kappa shape index (κ1) is 18.0. The molecule has 3 nitrogen and oxygen atoms in total. The van der Waals surface area contributed by atoms with E-state index in [9.17, 15) is 4.79 Å². The topological polar surface area (TPSA) is 46.3 Å². The average molecular weight is 311 g/mol. The monoisotopic (exact) mass is 310 g/mol. The quantitative estimate of drug-likeness (QED) is 0.871. The lowest BCUT2D eigenvalue weighted by atomic mass is 9.84. The minimum absolute atomic E-state index is 0.0924. The summed E-state index contributed by atoms with van der Waals surface area (Å²) in [7, 11) is 0. The molecule has 0 aromatic heterocycles. The van der Waals surface area contributed by atoms with E-state index >= 15 is 0 Å². The summed E-state index contributed by atoms with van der Waals surface area (Å²) in [6.45, 7) is 10.0. The van der Waals surface area contributed by atoms with Gasteiger partial charge in [0.05, 0.1) is 5.92 Å². The van der Waals surface area contributed by atoms with Crippen molar-refractivity contribution in [3.05, 3.63) is 34.9 Å². The number of hydrogen-bond donors (Lipinski definition) is 1. The fraction of sp³-hybridized carbons (Fsp3) is 0.588. The molecule has 1 rings (SSSR count). The van der Waals surface area contributed by atoms with Crippen molar-refractivity contribution in [2.45, 2.75) is 40.7 Å². The van der Waals surface area contributed by atoms with Crippen LogP contribution >= 0.6 is 11.6 Å². The van der Waals surface area contributed by atoms with Gasteiger partial charge in [0, 0.05) is 24.7 Å². The fourth-order valence-electron chi connectivity index (χ4n) is 2.47. The lowest BCUT2D eigenvalue weighted by molar-refractivity contribution is -0.136. The third-order valence-electron chi connectivity index (χ3n) is 3.45. The molecule has 0 bridgehead atoms. The van der Waals surface area contributed by atoms with Crippen molar-refractivity contribution in [2.75, 3.05) is 13.1 Å². The van der Waals surface area contributed by atoms with Gasteiger partial charge >= 0.3 is 0 Å². The number of benzene rings is 1. The Morgan fingerprint density at radius 1 is 1.38 bits per heavy atom. The van der Waals surface area contributed by atoms with E-state index in [-0.39, 0.29) is 17.2 Å². The lowest BCUT2D eigenvalue weighted by Crippen LogP contribution is -2.40. The molecule has 0 spiro atoms. The summed E-state index contributed by atoms with van der Waals surface area (Å²) in [4.78, 5) is 14.5. The van der Waals surface area contributed by atoms with E-state index in [4.69, 9.17) is 17.3 Å². The van der Waals surface area contributed by atoms with E-state index in [1.54, 1.807) is 0 Å². The number of hydrogen-bond acceptors (Lipinski definition) is 2. The molecule has 1 atom stereocenters. The number of carbonyl (C=O) groups is 1. The van der Waals surface area contributed by atoms with Crippen LogP contribution in [0.15, 0.2) is 24.3 Å². The third-order valence-corrected chi connectivity index (χ3v) is 3.68. The van der Waals surface area contributed by atoms with Crippen LogP contribution in [-0.4, -0.2) is 23.9 Å². The van der Waals surface area contributed by atoms with Gasteiger partial charge in [-0.1, -0.05) is 44.5 Å². The maximum atomic E-state index is 12.7. The van der Waals surface area contributed by atoms with Crippen molar-refractivity contribution in [2.24, 2.45) is 17.1 Å². The van der Waals surface area contributed by atoms with Crippen LogP contribution in [0.5, 0.6) is 0 Å². The van der Waals surface area contributed by atoms with Crippen LogP contribution in [-0.2, 0) is 11.3 Å². The molecule has 1 amide bonds. The Balaban J connectivity index is 2.80. The van der Waals surface area contributed by atoms with Gasteiger partial charge in [-0.05, 0) is 36.5 Å². The molecule has 0 aliphatic rings. The first-order valence-corrected chi connectivity index (χ1v) is 7.88. The molecule has 0 saturated heterocycles. The Kier molecular flexibility index (Phi) is 6.69. The number of halogens is 1. The van der Waals surface area contributed by atoms with Crippen LogP contribution in [0.1, 0.15) is 39.7 Å². The van der Waals surface area contributed by atoms with Gasteiger partial charge in [0.1, 0.15) is 0 Å². The standard InChI is InChI=1S/C17H27ClN2O/c1-5-20(12-13-7-6-8-15(18)9-13)16(21)14(11-19)10-17(2,3)4/h6-9,14H,5,10-12,19H2,1-4H3. The number of nitrogens with two attached hydrogens (primary N) is 1. The van der Waals surface area contributed by atoms with Gasteiger partial charge < -0.3 is 10.6 Å². The van der Waals surface area contributed by atoms with Crippen LogP contribution in [0, 0.1) is 11.3 Å². The summed E-state index contributed by atoms with van der Waals surface area (Å²) >= 11 is 6.00. The number of nitrogens with zero attached hydrogens (tertiary/aromatic N) is 1. The Labute approximate surface area is 133 Å². The first-order valence-electron chi connectivity index (χ1n) is 7.50. The highest BCUT2D eigenvalue weighted by Crippen LogP contribution is 2.25. The molecule has 0 radical (unpaired) electrons. The van der Waals surface area contributed by atoms with Crippen molar-refractivity contribution >= 4 is 17.5 Å². The highest BCUT2D eigenvalue weighted by Gasteiger charge is 2.27. The molecule has 21 heavy (non-hydrogen) atoms. The van der Waals surface area contributed by atoms with Crippen LogP contribution in [0.25, 0.3) is 0 Å². The number of carbonyl (C=O) groups excluding carboxylic acids is 1. The second-order valence-electron chi connectivity index (χ2n) is 6.68. The molecule has 0 aliphatic heterocycles. The van der Waals surface area contributed by atoms with E-state index in [0.29, 0.717) is 24.7 Å². The smallest absolute Gasteiger partial charge is 0.227 e. The van der Waals surface area contributed by atoms with E-state index < -0.39 is 0 Å². The summed E-state index contributed by atoms with van der Waals surface area (Å²) < 4.78 is 0. The molecular weight excluding hydrogens is 284 g/mol. The van der Waals surface area contributed by atoms with Crippen molar-refractivity contribution in [1.82, 2.24) is 4.90 Å². The lowest BCUT2D eigenvalue weighted by Gasteiger charge is -2.29. The number of rotatable bonds is 6. The van der Waals surface area contributed by atoms with Gasteiger partial charge in [0.2, 0.25) is 5.91 Å². The van der Waals surface area contributed by atoms with Crippen molar-refractivity contribution in [3.63, 3.8) is 0 Å². The van der Waals surface area contributed by atoms with Crippen molar-refractivity contribution in [3.8, 4) is 0 Å². The summed E-state index contributed by atoms with van der Waals surface area (Å²) in [5.41, 5.74) is 6.96. The van der Waals surface area contributed by atoms with Gasteiger partial charge in [-0.2, -0.15) is 0 Å². The molecule has 1 aromatic rings. The highest BCUT2D eigenvalue weighted by atomic mass is 35.5. The normalized spacial score (nSPS) is 13.0. The minimum atomic E-state index is -0.121. The molecule has 1 aromatic carbocycles. The zero-order chi connectivity index (χ0) is 16.0. The van der Waals surface area contributed by atoms with E-state index in [1.807, 2.05) is 36.1 Å². The second kappa shape index (κ2) is 7.81. The Bertz CT molecular complexity index is 468. The summed E-state index contributed by atoms with van der Waals surface area (Å²) in [6, 6.07) is 7.64. The molecule has 118 valence electrons. The summed E-state index contributed by atoms with van der Waals surface area (Å²) in [5, 5.41) is 0.695. The minimum Gasteiger partial charge on any atom is -0.338 e. The Morgan fingerprint density at radius 2 is 2.05 bits per heavy atom. The third kappa shape index (κ3) is 6.06. The van der Waals surface area contributed by atoms with Gasteiger partial charge in [0.25, 0.3) is 0 Å². The largest absolute Gasteiger partial charge is 0.338 e. The van der Waals surface area contributed by atoms with Gasteiger partial charge in [-0.15, -0.1) is 0 Å². The number of amides is 1. The molecule has 0 aliphatic carbocycles.